The number of carbonyl (C=O) groups is 1. The summed E-state index contributed by atoms with van der Waals surface area (Å²) in [4.78, 5) is 20.3. The van der Waals surface area contributed by atoms with Gasteiger partial charge in [0, 0.05) is 43.3 Å². The monoisotopic (exact) mass is 373 g/mol. The van der Waals surface area contributed by atoms with Crippen molar-refractivity contribution in [3.63, 3.8) is 0 Å². The van der Waals surface area contributed by atoms with Crippen LogP contribution in [0.1, 0.15) is 35.7 Å². The molecule has 1 unspecified atom stereocenters. The maximum Gasteiger partial charge on any atom is 0.220 e. The zero-order valence-electron chi connectivity index (χ0n) is 15.1. The zero-order chi connectivity index (χ0) is 18.0. The highest BCUT2D eigenvalue weighted by molar-refractivity contribution is 7.09. The van der Waals surface area contributed by atoms with Gasteiger partial charge in [-0.15, -0.1) is 11.3 Å². The number of hydrogen-bond acceptors (Lipinski definition) is 5. The van der Waals surface area contributed by atoms with Gasteiger partial charge in [0.2, 0.25) is 5.91 Å². The predicted molar refractivity (Wildman–Crippen MR) is 104 cm³/mol. The van der Waals surface area contributed by atoms with E-state index in [0.717, 1.165) is 51.1 Å². The molecule has 1 aliphatic rings. The summed E-state index contributed by atoms with van der Waals surface area (Å²) in [6.45, 7) is 3.88. The molecule has 0 bridgehead atoms. The third kappa shape index (κ3) is 5.90. The van der Waals surface area contributed by atoms with Gasteiger partial charge in [-0.1, -0.05) is 12.1 Å². The SMILES string of the molecule is O=C(CCCCc1cccs1)NCC(c1cccnc1)N1CCOCC1. The highest BCUT2D eigenvalue weighted by Crippen LogP contribution is 2.20. The zero-order valence-corrected chi connectivity index (χ0v) is 15.9. The lowest BCUT2D eigenvalue weighted by Crippen LogP contribution is -2.43. The van der Waals surface area contributed by atoms with Crippen molar-refractivity contribution in [1.82, 2.24) is 15.2 Å². The lowest BCUT2D eigenvalue weighted by atomic mass is 10.1. The molecule has 5 nitrogen and oxygen atoms in total. The largest absolute Gasteiger partial charge is 0.379 e. The Balaban J connectivity index is 1.45. The first-order chi connectivity index (χ1) is 12.8. The van der Waals surface area contributed by atoms with Gasteiger partial charge < -0.3 is 10.1 Å². The summed E-state index contributed by atoms with van der Waals surface area (Å²) in [7, 11) is 0. The molecular weight excluding hydrogens is 346 g/mol. The molecule has 2 aromatic heterocycles. The van der Waals surface area contributed by atoms with Gasteiger partial charge in [0.15, 0.2) is 0 Å². The number of amides is 1. The number of unbranched alkanes of at least 4 members (excludes halogenated alkanes) is 1. The van der Waals surface area contributed by atoms with E-state index in [0.29, 0.717) is 13.0 Å². The fourth-order valence-electron chi connectivity index (χ4n) is 3.26. The highest BCUT2D eigenvalue weighted by atomic mass is 32.1. The number of nitrogens with one attached hydrogen (secondary N) is 1. The fraction of sp³-hybridized carbons (Fsp3) is 0.500. The van der Waals surface area contributed by atoms with Crippen molar-refractivity contribution in [2.24, 2.45) is 0 Å². The first-order valence-electron chi connectivity index (χ1n) is 9.34. The molecule has 2 aromatic rings. The molecule has 0 saturated carbocycles. The summed E-state index contributed by atoms with van der Waals surface area (Å²) >= 11 is 1.79. The molecule has 0 spiro atoms. The minimum absolute atomic E-state index is 0.137. The van der Waals surface area contributed by atoms with Crippen molar-refractivity contribution in [3.05, 3.63) is 52.5 Å². The third-order valence-corrected chi connectivity index (χ3v) is 5.64. The molecule has 1 atom stereocenters. The van der Waals surface area contributed by atoms with Crippen LogP contribution in [0.2, 0.25) is 0 Å². The number of carbonyl (C=O) groups excluding carboxylic acids is 1. The molecule has 6 heteroatoms. The molecule has 1 fully saturated rings. The Morgan fingerprint density at radius 3 is 2.88 bits per heavy atom. The van der Waals surface area contributed by atoms with Crippen LogP contribution in [0.3, 0.4) is 0 Å². The Kier molecular flexibility index (Phi) is 7.61. The number of hydrogen-bond donors (Lipinski definition) is 1. The Morgan fingerprint density at radius 2 is 2.15 bits per heavy atom. The van der Waals surface area contributed by atoms with E-state index in [4.69, 9.17) is 4.74 Å². The number of rotatable bonds is 9. The van der Waals surface area contributed by atoms with Crippen LogP contribution in [0.4, 0.5) is 0 Å². The van der Waals surface area contributed by atoms with Crippen LogP contribution in [-0.4, -0.2) is 48.6 Å². The van der Waals surface area contributed by atoms with Crippen LogP contribution < -0.4 is 5.32 Å². The van der Waals surface area contributed by atoms with Crippen LogP contribution >= 0.6 is 11.3 Å². The van der Waals surface area contributed by atoms with Crippen molar-refractivity contribution in [1.29, 1.82) is 0 Å². The predicted octanol–water partition coefficient (Wildman–Crippen LogP) is 3.05. The Morgan fingerprint density at radius 1 is 1.27 bits per heavy atom. The van der Waals surface area contributed by atoms with Crippen molar-refractivity contribution < 1.29 is 9.53 Å². The lowest BCUT2D eigenvalue weighted by molar-refractivity contribution is -0.121. The molecule has 26 heavy (non-hydrogen) atoms. The average Bonchev–Trinajstić information content (AvgIpc) is 3.21. The van der Waals surface area contributed by atoms with Crippen LogP contribution in [0.15, 0.2) is 42.0 Å². The first-order valence-corrected chi connectivity index (χ1v) is 10.2. The Bertz CT molecular complexity index is 642. The van der Waals surface area contributed by atoms with E-state index in [-0.39, 0.29) is 11.9 Å². The molecule has 0 aromatic carbocycles. The van der Waals surface area contributed by atoms with E-state index in [1.54, 1.807) is 17.5 Å². The van der Waals surface area contributed by atoms with Crippen molar-refractivity contribution in [2.45, 2.75) is 31.7 Å². The number of morpholine rings is 1. The standard InChI is InChI=1S/C20H27N3O2S/c24-20(8-2-1-6-18-7-4-14-26-18)22-16-19(17-5-3-9-21-15-17)23-10-12-25-13-11-23/h3-5,7,9,14-15,19H,1-2,6,8,10-13,16H2,(H,22,24). The van der Waals surface area contributed by atoms with Gasteiger partial charge in [0.25, 0.3) is 0 Å². The number of nitrogens with zero attached hydrogens (tertiary/aromatic N) is 2. The molecule has 1 aliphatic heterocycles. The molecule has 1 saturated heterocycles. The number of ether oxygens (including phenoxy) is 1. The van der Waals surface area contributed by atoms with Gasteiger partial charge in [-0.05, 0) is 42.3 Å². The van der Waals surface area contributed by atoms with Crippen LogP contribution in [0, 0.1) is 0 Å². The van der Waals surface area contributed by atoms with E-state index in [9.17, 15) is 4.79 Å². The summed E-state index contributed by atoms with van der Waals surface area (Å²) < 4.78 is 5.46. The van der Waals surface area contributed by atoms with Crippen LogP contribution in [-0.2, 0) is 16.0 Å². The van der Waals surface area contributed by atoms with Gasteiger partial charge in [0.05, 0.1) is 19.3 Å². The fourth-order valence-corrected chi connectivity index (χ4v) is 4.01. The van der Waals surface area contributed by atoms with Gasteiger partial charge in [-0.2, -0.15) is 0 Å². The minimum atomic E-state index is 0.137. The molecule has 1 N–H and O–H groups in total. The van der Waals surface area contributed by atoms with E-state index < -0.39 is 0 Å². The van der Waals surface area contributed by atoms with Gasteiger partial charge in [0.1, 0.15) is 0 Å². The number of aromatic nitrogens is 1. The molecule has 0 radical (unpaired) electrons. The Hall–Kier alpha value is -1.76. The van der Waals surface area contributed by atoms with E-state index in [1.165, 1.54) is 4.88 Å². The number of aryl methyl sites for hydroxylation is 1. The molecule has 140 valence electrons. The summed E-state index contributed by atoms with van der Waals surface area (Å²) in [5.41, 5.74) is 1.15. The van der Waals surface area contributed by atoms with E-state index in [1.807, 2.05) is 12.3 Å². The molecular formula is C20H27N3O2S. The summed E-state index contributed by atoms with van der Waals surface area (Å²) in [6.07, 6.45) is 7.33. The molecule has 3 rings (SSSR count). The van der Waals surface area contributed by atoms with Gasteiger partial charge in [-0.3, -0.25) is 14.7 Å². The average molecular weight is 374 g/mol. The highest BCUT2D eigenvalue weighted by Gasteiger charge is 2.23. The number of pyridine rings is 1. The molecule has 3 heterocycles. The van der Waals surface area contributed by atoms with Crippen LogP contribution in [0.25, 0.3) is 0 Å². The summed E-state index contributed by atoms with van der Waals surface area (Å²) in [5.74, 6) is 0.137. The van der Waals surface area contributed by atoms with Crippen LogP contribution in [0.5, 0.6) is 0 Å². The number of thiophene rings is 1. The second-order valence-corrected chi connectivity index (χ2v) is 7.57. The van der Waals surface area contributed by atoms with Crippen molar-refractivity contribution in [3.8, 4) is 0 Å². The smallest absolute Gasteiger partial charge is 0.220 e. The third-order valence-electron chi connectivity index (χ3n) is 4.71. The first kappa shape index (κ1) is 19.0. The lowest BCUT2D eigenvalue weighted by Gasteiger charge is -2.34. The van der Waals surface area contributed by atoms with E-state index >= 15 is 0 Å². The van der Waals surface area contributed by atoms with E-state index in [2.05, 4.69) is 38.8 Å². The second kappa shape index (κ2) is 10.4. The summed E-state index contributed by atoms with van der Waals surface area (Å²) in [5, 5.41) is 5.23. The molecule has 0 aliphatic carbocycles. The maximum absolute atomic E-state index is 12.3. The maximum atomic E-state index is 12.3. The Labute approximate surface area is 159 Å². The second-order valence-electron chi connectivity index (χ2n) is 6.54. The van der Waals surface area contributed by atoms with Gasteiger partial charge >= 0.3 is 0 Å². The minimum Gasteiger partial charge on any atom is -0.379 e. The normalized spacial score (nSPS) is 16.3. The summed E-state index contributed by atoms with van der Waals surface area (Å²) in [6, 6.07) is 8.43. The topological polar surface area (TPSA) is 54.5 Å². The van der Waals surface area contributed by atoms with Crippen molar-refractivity contribution in [2.75, 3.05) is 32.8 Å². The van der Waals surface area contributed by atoms with Crippen molar-refractivity contribution >= 4 is 17.2 Å². The molecule has 1 amide bonds. The quantitative estimate of drug-likeness (QED) is 0.687. The van der Waals surface area contributed by atoms with Gasteiger partial charge in [-0.25, -0.2) is 0 Å².